The van der Waals surface area contributed by atoms with Gasteiger partial charge in [0.2, 0.25) is 5.91 Å². The first-order valence-electron chi connectivity index (χ1n) is 9.59. The smallest absolute Gasteiger partial charge is 0.231 e. The van der Waals surface area contributed by atoms with Gasteiger partial charge in [-0.2, -0.15) is 0 Å². The molecule has 1 aliphatic heterocycles. The van der Waals surface area contributed by atoms with Gasteiger partial charge in [0.25, 0.3) is 0 Å². The monoisotopic (exact) mass is 416 g/mol. The predicted octanol–water partition coefficient (Wildman–Crippen LogP) is 5.26. The van der Waals surface area contributed by atoms with Crippen LogP contribution in [0.15, 0.2) is 80.2 Å². The Morgan fingerprint density at radius 2 is 1.83 bits per heavy atom. The van der Waals surface area contributed by atoms with Crippen LogP contribution < -0.4 is 0 Å². The fourth-order valence-electron chi connectivity index (χ4n) is 3.78. The molecule has 150 valence electrons. The summed E-state index contributed by atoms with van der Waals surface area (Å²) < 4.78 is 2.03. The topological polar surface area (TPSA) is 51.0 Å². The molecule has 30 heavy (non-hydrogen) atoms. The van der Waals surface area contributed by atoms with E-state index in [1.54, 1.807) is 0 Å². The number of amides is 1. The lowest BCUT2D eigenvalue weighted by Gasteiger charge is -2.17. The summed E-state index contributed by atoms with van der Waals surface area (Å²) in [5.41, 5.74) is 4.07. The van der Waals surface area contributed by atoms with E-state index < -0.39 is 0 Å². The molecular formula is C24H21ClN4O. The lowest BCUT2D eigenvalue weighted by molar-refractivity contribution is -0.126. The molecule has 0 saturated carbocycles. The van der Waals surface area contributed by atoms with Gasteiger partial charge in [0.15, 0.2) is 0 Å². The summed E-state index contributed by atoms with van der Waals surface area (Å²) in [6.07, 6.45) is 5.22. The Balaban J connectivity index is 1.91. The van der Waals surface area contributed by atoms with E-state index in [9.17, 15) is 4.79 Å². The Hall–Kier alpha value is -3.44. The minimum Gasteiger partial charge on any atom is -0.296 e. The van der Waals surface area contributed by atoms with E-state index in [2.05, 4.69) is 35.5 Å². The number of benzene rings is 2. The molecular weight excluding hydrogens is 396 g/mol. The summed E-state index contributed by atoms with van der Waals surface area (Å²) in [7, 11) is 0. The Morgan fingerprint density at radius 1 is 1.13 bits per heavy atom. The molecule has 2 aromatic carbocycles. The van der Waals surface area contributed by atoms with E-state index >= 15 is 0 Å². The number of rotatable bonds is 5. The van der Waals surface area contributed by atoms with E-state index in [1.165, 1.54) is 17.3 Å². The van der Waals surface area contributed by atoms with Gasteiger partial charge in [-0.15, -0.1) is 10.2 Å². The second-order valence-electron chi connectivity index (χ2n) is 7.02. The quantitative estimate of drug-likeness (QED) is 0.569. The molecule has 1 amide bonds. The molecule has 0 bridgehead atoms. The standard InChI is InChI=1S/C24H21ClN4O/c1-4-28(5-2)23(30)15-18-14-21(17-10-12-19(25)13-11-17)20-8-6-7-9-22(20)29-16(3)26-27-24(18)29/h4-14,18H,1-2,15H2,3H3/t18-/m1/s1. The zero-order valence-electron chi connectivity index (χ0n) is 16.6. The van der Waals surface area contributed by atoms with Gasteiger partial charge in [0.1, 0.15) is 11.6 Å². The number of nitrogens with zero attached hydrogens (tertiary/aromatic N) is 4. The van der Waals surface area contributed by atoms with Crippen LogP contribution in [0.2, 0.25) is 5.02 Å². The molecule has 0 unspecified atom stereocenters. The Kier molecular flexibility index (Phi) is 5.38. The summed E-state index contributed by atoms with van der Waals surface area (Å²) in [5.74, 6) is 1.10. The van der Waals surface area contributed by atoms with Crippen molar-refractivity contribution in [1.29, 1.82) is 0 Å². The fraction of sp³-hybridized carbons (Fsp3) is 0.125. The number of allylic oxidation sites excluding steroid dienone is 1. The highest BCUT2D eigenvalue weighted by molar-refractivity contribution is 6.30. The maximum absolute atomic E-state index is 12.8. The second-order valence-corrected chi connectivity index (χ2v) is 7.46. The summed E-state index contributed by atoms with van der Waals surface area (Å²) >= 11 is 6.11. The van der Waals surface area contributed by atoms with Crippen molar-refractivity contribution in [3.63, 3.8) is 0 Å². The largest absolute Gasteiger partial charge is 0.296 e. The van der Waals surface area contributed by atoms with Crippen molar-refractivity contribution in [1.82, 2.24) is 19.7 Å². The van der Waals surface area contributed by atoms with Gasteiger partial charge in [-0.25, -0.2) is 0 Å². The number of fused-ring (bicyclic) bond motifs is 3. The van der Waals surface area contributed by atoms with Crippen molar-refractivity contribution in [3.8, 4) is 5.69 Å². The van der Waals surface area contributed by atoms with Crippen molar-refractivity contribution in [2.24, 2.45) is 0 Å². The Labute approximate surface area is 180 Å². The summed E-state index contributed by atoms with van der Waals surface area (Å²) in [6.45, 7) is 9.29. The van der Waals surface area contributed by atoms with Gasteiger partial charge in [0.05, 0.1) is 5.69 Å². The minimum absolute atomic E-state index is 0.116. The minimum atomic E-state index is -0.279. The van der Waals surface area contributed by atoms with Gasteiger partial charge < -0.3 is 0 Å². The van der Waals surface area contributed by atoms with Gasteiger partial charge in [0, 0.05) is 35.3 Å². The SMILES string of the molecule is C=CN(C=C)C(=O)C[C@H]1C=C(c2ccc(Cl)cc2)c2ccccc2-n2c(C)nnc21. The highest BCUT2D eigenvalue weighted by atomic mass is 35.5. The maximum Gasteiger partial charge on any atom is 0.231 e. The molecule has 1 aliphatic rings. The predicted molar refractivity (Wildman–Crippen MR) is 119 cm³/mol. The highest BCUT2D eigenvalue weighted by Gasteiger charge is 2.28. The first-order chi connectivity index (χ1) is 14.5. The summed E-state index contributed by atoms with van der Waals surface area (Å²) in [6, 6.07) is 15.8. The third-order valence-electron chi connectivity index (χ3n) is 5.22. The van der Waals surface area contributed by atoms with Crippen molar-refractivity contribution >= 4 is 23.1 Å². The van der Waals surface area contributed by atoms with E-state index in [-0.39, 0.29) is 18.2 Å². The molecule has 6 heteroatoms. The number of halogens is 1. The summed E-state index contributed by atoms with van der Waals surface area (Å²) in [5, 5.41) is 9.39. The number of carbonyl (C=O) groups is 1. The third-order valence-corrected chi connectivity index (χ3v) is 5.47. The zero-order chi connectivity index (χ0) is 21.3. The van der Waals surface area contributed by atoms with Gasteiger partial charge in [-0.1, -0.05) is 61.2 Å². The van der Waals surface area contributed by atoms with Crippen LogP contribution in [0.25, 0.3) is 11.3 Å². The molecule has 0 saturated heterocycles. The molecule has 0 aliphatic carbocycles. The molecule has 0 fully saturated rings. The maximum atomic E-state index is 12.8. The number of aromatic nitrogens is 3. The Morgan fingerprint density at radius 3 is 2.53 bits per heavy atom. The number of aryl methyl sites for hydroxylation is 1. The van der Waals surface area contributed by atoms with Crippen LogP contribution in [0, 0.1) is 6.92 Å². The van der Waals surface area contributed by atoms with Crippen LogP contribution in [0.5, 0.6) is 0 Å². The van der Waals surface area contributed by atoms with Crippen molar-refractivity contribution in [3.05, 3.63) is 108 Å². The van der Waals surface area contributed by atoms with Crippen molar-refractivity contribution < 1.29 is 4.79 Å². The van der Waals surface area contributed by atoms with Gasteiger partial charge >= 0.3 is 0 Å². The van der Waals surface area contributed by atoms with Crippen LogP contribution in [-0.4, -0.2) is 25.6 Å². The molecule has 1 aromatic heterocycles. The first kappa shape index (κ1) is 19.9. The molecule has 5 nitrogen and oxygen atoms in total. The fourth-order valence-corrected chi connectivity index (χ4v) is 3.91. The van der Waals surface area contributed by atoms with Crippen molar-refractivity contribution in [2.45, 2.75) is 19.3 Å². The zero-order valence-corrected chi connectivity index (χ0v) is 17.4. The molecule has 0 radical (unpaired) electrons. The Bertz CT molecular complexity index is 1150. The highest BCUT2D eigenvalue weighted by Crippen LogP contribution is 2.38. The van der Waals surface area contributed by atoms with Crippen LogP contribution >= 0.6 is 11.6 Å². The lowest BCUT2D eigenvalue weighted by atomic mass is 9.92. The van der Waals surface area contributed by atoms with Gasteiger partial charge in [-0.3, -0.25) is 14.3 Å². The molecule has 4 rings (SSSR count). The number of para-hydroxylation sites is 1. The van der Waals surface area contributed by atoms with E-state index in [0.717, 1.165) is 34.0 Å². The normalized spacial score (nSPS) is 14.7. The van der Waals surface area contributed by atoms with E-state index in [4.69, 9.17) is 11.6 Å². The average Bonchev–Trinajstić information content (AvgIpc) is 3.07. The van der Waals surface area contributed by atoms with Crippen molar-refractivity contribution in [2.75, 3.05) is 0 Å². The molecule has 1 atom stereocenters. The molecule has 0 spiro atoms. The van der Waals surface area contributed by atoms with Gasteiger partial charge in [-0.05, 0) is 36.3 Å². The lowest BCUT2D eigenvalue weighted by Crippen LogP contribution is -2.22. The van der Waals surface area contributed by atoms with Crippen LogP contribution in [0.1, 0.15) is 35.1 Å². The van der Waals surface area contributed by atoms with Crippen LogP contribution in [-0.2, 0) is 4.79 Å². The molecule has 3 aromatic rings. The average molecular weight is 417 g/mol. The van der Waals surface area contributed by atoms with E-state index in [0.29, 0.717) is 5.02 Å². The molecule has 2 heterocycles. The third kappa shape index (κ3) is 3.48. The van der Waals surface area contributed by atoms with Crippen LogP contribution in [0.4, 0.5) is 0 Å². The van der Waals surface area contributed by atoms with Crippen LogP contribution in [0.3, 0.4) is 0 Å². The summed E-state index contributed by atoms with van der Waals surface area (Å²) in [4.78, 5) is 14.2. The molecule has 0 N–H and O–H groups in total. The van der Waals surface area contributed by atoms with E-state index in [1.807, 2.05) is 54.0 Å². The number of hydrogen-bond donors (Lipinski definition) is 0. The first-order valence-corrected chi connectivity index (χ1v) is 9.97. The second kappa shape index (κ2) is 8.13. The number of hydrogen-bond acceptors (Lipinski definition) is 3. The number of carbonyl (C=O) groups excluding carboxylic acids is 1.